The van der Waals surface area contributed by atoms with E-state index >= 15 is 0 Å². The number of halogens is 5. The lowest BCUT2D eigenvalue weighted by molar-refractivity contribution is -0.141. The summed E-state index contributed by atoms with van der Waals surface area (Å²) in [7, 11) is -4.32. The van der Waals surface area contributed by atoms with Gasteiger partial charge in [0.2, 0.25) is 10.0 Å². The van der Waals surface area contributed by atoms with E-state index < -0.39 is 32.6 Å². The van der Waals surface area contributed by atoms with E-state index in [-0.39, 0.29) is 16.9 Å². The highest BCUT2D eigenvalue weighted by Crippen LogP contribution is 2.34. The number of hydrogen-bond donors (Lipinski definition) is 1. The molecule has 5 nitrogen and oxygen atoms in total. The molecule has 0 aliphatic rings. The second kappa shape index (κ2) is 6.87. The first-order valence-electron chi connectivity index (χ1n) is 7.64. The van der Waals surface area contributed by atoms with Crippen LogP contribution in [0.25, 0.3) is 16.9 Å². The maximum absolute atomic E-state index is 14.2. The Morgan fingerprint density at radius 1 is 1.11 bits per heavy atom. The average Bonchev–Trinajstić information content (AvgIpc) is 3.01. The molecule has 0 atom stereocenters. The number of rotatable bonds is 3. The smallest absolute Gasteiger partial charge is 0.232 e. The molecule has 0 fully saturated rings. The van der Waals surface area contributed by atoms with E-state index in [0.29, 0.717) is 10.6 Å². The van der Waals surface area contributed by atoms with Gasteiger partial charge >= 0.3 is 6.18 Å². The van der Waals surface area contributed by atoms with Crippen molar-refractivity contribution in [1.29, 1.82) is 0 Å². The minimum Gasteiger partial charge on any atom is -0.232 e. The summed E-state index contributed by atoms with van der Waals surface area (Å²) >= 11 is 5.96. The van der Waals surface area contributed by atoms with E-state index in [1.165, 1.54) is 18.2 Å². The molecule has 11 heteroatoms. The number of nitrogens with zero attached hydrogens (tertiary/aromatic N) is 2. The van der Waals surface area contributed by atoms with Crippen LogP contribution in [0.1, 0.15) is 11.3 Å². The molecule has 1 aromatic heterocycles. The minimum atomic E-state index is -4.74. The van der Waals surface area contributed by atoms with Gasteiger partial charge in [-0.1, -0.05) is 17.7 Å². The Hall–Kier alpha value is -2.43. The van der Waals surface area contributed by atoms with Gasteiger partial charge in [0.15, 0.2) is 5.69 Å². The van der Waals surface area contributed by atoms with Crippen molar-refractivity contribution >= 4 is 21.6 Å². The van der Waals surface area contributed by atoms with Crippen molar-refractivity contribution in [3.05, 3.63) is 64.6 Å². The number of nitrogens with two attached hydrogens (primary N) is 1. The van der Waals surface area contributed by atoms with Gasteiger partial charge in [-0.2, -0.15) is 18.3 Å². The van der Waals surface area contributed by atoms with Crippen LogP contribution in [0.5, 0.6) is 0 Å². The number of sulfonamides is 1. The lowest BCUT2D eigenvalue weighted by atomic mass is 10.1. The zero-order chi connectivity index (χ0) is 20.9. The number of aromatic nitrogens is 2. The van der Waals surface area contributed by atoms with Crippen molar-refractivity contribution in [3.8, 4) is 16.9 Å². The Morgan fingerprint density at radius 3 is 2.32 bits per heavy atom. The van der Waals surface area contributed by atoms with Crippen LogP contribution in [0.15, 0.2) is 47.4 Å². The fraction of sp³-hybridized carbons (Fsp3) is 0.118. The van der Waals surface area contributed by atoms with Gasteiger partial charge in [-0.3, -0.25) is 0 Å². The van der Waals surface area contributed by atoms with Crippen molar-refractivity contribution in [3.63, 3.8) is 0 Å². The molecule has 2 N–H and O–H groups in total. The monoisotopic (exact) mass is 433 g/mol. The summed E-state index contributed by atoms with van der Waals surface area (Å²) in [6, 6.07) is 8.05. The molecule has 0 radical (unpaired) electrons. The van der Waals surface area contributed by atoms with Crippen molar-refractivity contribution in [2.45, 2.75) is 18.0 Å². The second-order valence-electron chi connectivity index (χ2n) is 5.95. The summed E-state index contributed by atoms with van der Waals surface area (Å²) in [6.07, 6.45) is -4.74. The Kier molecular flexibility index (Phi) is 4.98. The first-order valence-corrected chi connectivity index (χ1v) is 9.57. The molecule has 3 aromatic rings. The van der Waals surface area contributed by atoms with Crippen LogP contribution in [-0.2, 0) is 16.2 Å². The predicted molar refractivity (Wildman–Crippen MR) is 95.1 cm³/mol. The first kappa shape index (κ1) is 20.3. The van der Waals surface area contributed by atoms with Crippen LogP contribution >= 0.6 is 11.6 Å². The number of primary sulfonamides is 1. The summed E-state index contributed by atoms with van der Waals surface area (Å²) < 4.78 is 77.5. The average molecular weight is 434 g/mol. The molecule has 28 heavy (non-hydrogen) atoms. The molecule has 0 bridgehead atoms. The highest BCUT2D eigenvalue weighted by Gasteiger charge is 2.35. The Balaban J connectivity index is 2.24. The number of aryl methyl sites for hydroxylation is 1. The summed E-state index contributed by atoms with van der Waals surface area (Å²) in [6.45, 7) is 1.67. The summed E-state index contributed by atoms with van der Waals surface area (Å²) in [5.41, 5.74) is -0.422. The van der Waals surface area contributed by atoms with E-state index in [4.69, 9.17) is 16.7 Å². The van der Waals surface area contributed by atoms with Crippen LogP contribution in [0.3, 0.4) is 0 Å². The zero-order valence-corrected chi connectivity index (χ0v) is 15.7. The van der Waals surface area contributed by atoms with Gasteiger partial charge in [0, 0.05) is 10.6 Å². The van der Waals surface area contributed by atoms with Crippen molar-refractivity contribution in [2.75, 3.05) is 0 Å². The number of benzene rings is 2. The molecule has 3 rings (SSSR count). The van der Waals surface area contributed by atoms with Crippen molar-refractivity contribution < 1.29 is 26.0 Å². The lowest BCUT2D eigenvalue weighted by Gasteiger charge is -2.10. The van der Waals surface area contributed by atoms with Crippen molar-refractivity contribution in [2.24, 2.45) is 5.14 Å². The van der Waals surface area contributed by atoms with Crippen molar-refractivity contribution in [1.82, 2.24) is 9.78 Å². The molecule has 0 saturated heterocycles. The van der Waals surface area contributed by atoms with E-state index in [0.717, 1.165) is 28.9 Å². The Labute approximate surface area is 162 Å². The molecule has 2 aromatic carbocycles. The summed E-state index contributed by atoms with van der Waals surface area (Å²) in [4.78, 5) is -0.763. The Bertz CT molecular complexity index is 1170. The van der Waals surface area contributed by atoms with E-state index in [1.807, 2.05) is 0 Å². The van der Waals surface area contributed by atoms with Gasteiger partial charge in [-0.15, -0.1) is 0 Å². The van der Waals surface area contributed by atoms with E-state index in [2.05, 4.69) is 5.10 Å². The molecule has 0 amide bonds. The van der Waals surface area contributed by atoms with Crippen LogP contribution in [0, 0.1) is 12.7 Å². The van der Waals surface area contributed by atoms with Crippen LogP contribution in [0.2, 0.25) is 5.02 Å². The van der Waals surface area contributed by atoms with Gasteiger partial charge in [-0.25, -0.2) is 22.6 Å². The maximum Gasteiger partial charge on any atom is 0.435 e. The van der Waals surface area contributed by atoms with E-state index in [1.54, 1.807) is 6.92 Å². The summed E-state index contributed by atoms with van der Waals surface area (Å²) in [5.74, 6) is -1.19. The molecule has 0 unspecified atom stereocenters. The number of alkyl halides is 3. The van der Waals surface area contributed by atoms with Gasteiger partial charge in [-0.05, 0) is 48.9 Å². The van der Waals surface area contributed by atoms with Gasteiger partial charge in [0.25, 0.3) is 0 Å². The maximum atomic E-state index is 14.2. The molecule has 0 aliphatic carbocycles. The zero-order valence-electron chi connectivity index (χ0n) is 14.1. The molecular formula is C17H12ClF4N3O2S. The van der Waals surface area contributed by atoms with Gasteiger partial charge in [0.1, 0.15) is 10.7 Å². The fourth-order valence-electron chi connectivity index (χ4n) is 2.57. The van der Waals surface area contributed by atoms with Gasteiger partial charge < -0.3 is 0 Å². The standard InChI is InChI=1S/C17H12ClF4N3O2S/c1-9-6-11(3-4-12(9)18)25-14(8-16(24-25)17(20,21)22)10-2-5-15(13(19)7-10)28(23,26)27/h2-8H,1H3,(H2,23,26,27). The minimum absolute atomic E-state index is 0.0134. The number of hydrogen-bond acceptors (Lipinski definition) is 3. The third kappa shape index (κ3) is 3.89. The van der Waals surface area contributed by atoms with Crippen LogP contribution < -0.4 is 5.14 Å². The fourth-order valence-corrected chi connectivity index (χ4v) is 3.28. The van der Waals surface area contributed by atoms with Crippen LogP contribution in [0.4, 0.5) is 17.6 Å². The molecule has 1 heterocycles. The second-order valence-corrected chi connectivity index (χ2v) is 7.89. The SMILES string of the molecule is Cc1cc(-n2nc(C(F)(F)F)cc2-c2ccc(S(N)(=O)=O)c(F)c2)ccc1Cl. The molecule has 0 spiro atoms. The molecule has 0 aliphatic heterocycles. The third-order valence-electron chi connectivity index (χ3n) is 3.92. The molecule has 0 saturated carbocycles. The Morgan fingerprint density at radius 2 is 1.79 bits per heavy atom. The highest BCUT2D eigenvalue weighted by molar-refractivity contribution is 7.89. The molecular weight excluding hydrogens is 422 g/mol. The summed E-state index contributed by atoms with van der Waals surface area (Å²) in [5, 5.41) is 8.91. The largest absolute Gasteiger partial charge is 0.435 e. The van der Waals surface area contributed by atoms with Crippen LogP contribution in [-0.4, -0.2) is 18.2 Å². The van der Waals surface area contributed by atoms with E-state index in [9.17, 15) is 26.0 Å². The highest BCUT2D eigenvalue weighted by atomic mass is 35.5. The normalized spacial score (nSPS) is 12.4. The van der Waals surface area contributed by atoms with Gasteiger partial charge in [0.05, 0.1) is 11.4 Å². The molecule has 148 valence electrons. The lowest BCUT2D eigenvalue weighted by Crippen LogP contribution is -2.14. The quantitative estimate of drug-likeness (QED) is 0.625. The third-order valence-corrected chi connectivity index (χ3v) is 5.29. The first-order chi connectivity index (χ1) is 12.9. The predicted octanol–water partition coefficient (Wildman–Crippen LogP) is 4.31. The topological polar surface area (TPSA) is 78.0 Å².